The first-order valence-electron chi connectivity index (χ1n) is 6.00. The fourth-order valence-corrected chi connectivity index (χ4v) is 2.52. The Morgan fingerprint density at radius 1 is 1.39 bits per heavy atom. The molecule has 0 saturated carbocycles. The molecule has 2 aliphatic heterocycles. The highest BCUT2D eigenvalue weighted by Gasteiger charge is 2.34. The van der Waals surface area contributed by atoms with Crippen molar-refractivity contribution in [1.82, 2.24) is 4.90 Å². The van der Waals surface area contributed by atoms with Gasteiger partial charge in [0.25, 0.3) is 0 Å². The van der Waals surface area contributed by atoms with E-state index in [-0.39, 0.29) is 18.7 Å². The topological polar surface area (TPSA) is 59.0 Å². The summed E-state index contributed by atoms with van der Waals surface area (Å²) in [6.45, 7) is 0.219. The zero-order chi connectivity index (χ0) is 12.7. The van der Waals surface area contributed by atoms with Gasteiger partial charge in [0.05, 0.1) is 12.1 Å². The van der Waals surface area contributed by atoms with Crippen LogP contribution < -0.4 is 9.47 Å². The molecule has 3 rings (SSSR count). The minimum absolute atomic E-state index is 0.0831. The van der Waals surface area contributed by atoms with Gasteiger partial charge in [0.2, 0.25) is 12.7 Å². The predicted octanol–water partition coefficient (Wildman–Crippen LogP) is 1.07. The Labute approximate surface area is 105 Å². The Morgan fingerprint density at radius 2 is 2.17 bits per heavy atom. The number of carbonyl (C=O) groups excluding carboxylic acids is 1. The molecule has 0 aliphatic carbocycles. The first-order valence-corrected chi connectivity index (χ1v) is 6.00. The van der Waals surface area contributed by atoms with E-state index in [0.29, 0.717) is 24.3 Å². The maximum absolute atomic E-state index is 11.5. The zero-order valence-corrected chi connectivity index (χ0v) is 10.1. The number of ether oxygens (including phenoxy) is 2. The first kappa shape index (κ1) is 11.3. The number of likely N-dealkylation sites (tertiary alicyclic amines) is 1. The quantitative estimate of drug-likeness (QED) is 0.851. The van der Waals surface area contributed by atoms with E-state index in [1.807, 2.05) is 6.07 Å². The van der Waals surface area contributed by atoms with Crippen LogP contribution in [-0.4, -0.2) is 35.8 Å². The summed E-state index contributed by atoms with van der Waals surface area (Å²) in [6.07, 6.45) is 0.504. The van der Waals surface area contributed by atoms with Crippen LogP contribution in [0.3, 0.4) is 0 Å². The third kappa shape index (κ3) is 1.71. The van der Waals surface area contributed by atoms with Crippen LogP contribution in [0.15, 0.2) is 18.2 Å². The summed E-state index contributed by atoms with van der Waals surface area (Å²) < 4.78 is 10.5. The van der Waals surface area contributed by atoms with Gasteiger partial charge in [0, 0.05) is 13.5 Å². The number of aliphatic hydroxyl groups excluding tert-OH is 1. The van der Waals surface area contributed by atoms with Gasteiger partial charge in [-0.1, -0.05) is 6.07 Å². The van der Waals surface area contributed by atoms with Crippen molar-refractivity contribution in [1.29, 1.82) is 0 Å². The maximum Gasteiger partial charge on any atom is 0.231 e. The summed E-state index contributed by atoms with van der Waals surface area (Å²) in [5.41, 5.74) is 0.755. The Kier molecular flexibility index (Phi) is 2.63. The fraction of sp³-hybridized carbons (Fsp3) is 0.462. The van der Waals surface area contributed by atoms with Crippen molar-refractivity contribution in [3.05, 3.63) is 23.8 Å². The molecule has 5 nitrogen and oxygen atoms in total. The van der Waals surface area contributed by atoms with Gasteiger partial charge in [0.15, 0.2) is 11.5 Å². The van der Waals surface area contributed by atoms with E-state index < -0.39 is 6.10 Å². The van der Waals surface area contributed by atoms with Crippen molar-refractivity contribution >= 4 is 5.91 Å². The number of likely N-dealkylation sites (N-methyl/N-ethyl adjacent to an activating group) is 1. The maximum atomic E-state index is 11.5. The third-order valence-electron chi connectivity index (χ3n) is 3.65. The number of carbonyl (C=O) groups is 1. The molecule has 18 heavy (non-hydrogen) atoms. The highest BCUT2D eigenvalue weighted by atomic mass is 16.7. The zero-order valence-electron chi connectivity index (χ0n) is 10.1. The molecule has 0 spiro atoms. The number of hydrogen-bond donors (Lipinski definition) is 1. The Hall–Kier alpha value is -1.75. The second kappa shape index (κ2) is 4.17. The predicted molar refractivity (Wildman–Crippen MR) is 63.3 cm³/mol. The molecule has 1 aromatic rings. The highest BCUT2D eigenvalue weighted by Crippen LogP contribution is 2.36. The summed E-state index contributed by atoms with van der Waals surface area (Å²) in [6, 6.07) is 5.23. The second-order valence-electron chi connectivity index (χ2n) is 4.67. The molecule has 2 atom stereocenters. The van der Waals surface area contributed by atoms with Crippen molar-refractivity contribution in [3.8, 4) is 11.5 Å². The molecule has 96 valence electrons. The lowest BCUT2D eigenvalue weighted by atomic mass is 10.00. The number of aliphatic hydroxyl groups is 1. The Morgan fingerprint density at radius 3 is 2.89 bits per heavy atom. The lowest BCUT2D eigenvalue weighted by molar-refractivity contribution is -0.128. The second-order valence-corrected chi connectivity index (χ2v) is 4.67. The van der Waals surface area contributed by atoms with E-state index in [1.165, 1.54) is 0 Å². The molecule has 0 radical (unpaired) electrons. The van der Waals surface area contributed by atoms with Crippen molar-refractivity contribution in [2.45, 2.75) is 25.0 Å². The number of benzene rings is 1. The lowest BCUT2D eigenvalue weighted by Gasteiger charge is -2.25. The van der Waals surface area contributed by atoms with Gasteiger partial charge in [0.1, 0.15) is 0 Å². The molecule has 0 aromatic heterocycles. The van der Waals surface area contributed by atoms with Crippen LogP contribution in [0.5, 0.6) is 11.5 Å². The minimum atomic E-state index is -0.684. The largest absolute Gasteiger partial charge is 0.454 e. The van der Waals surface area contributed by atoms with Crippen LogP contribution in [0.4, 0.5) is 0 Å². The van der Waals surface area contributed by atoms with E-state index in [9.17, 15) is 9.90 Å². The molecule has 2 aliphatic rings. The molecule has 5 heteroatoms. The molecule has 0 unspecified atom stereocenters. The molecule has 1 aromatic carbocycles. The van der Waals surface area contributed by atoms with Crippen LogP contribution in [0, 0.1) is 0 Å². The standard InChI is InChI=1S/C13H15NO4/c1-14-9(3-5-12(14)15)13(16)8-2-4-10-11(6-8)18-7-17-10/h2,4,6,9,13,16H,3,5,7H2,1H3/t9-,13+/m1/s1. The molecule has 1 amide bonds. The highest BCUT2D eigenvalue weighted by molar-refractivity contribution is 5.78. The Bertz CT molecular complexity index is 488. The smallest absolute Gasteiger partial charge is 0.231 e. The normalized spacial score (nSPS) is 23.6. The van der Waals surface area contributed by atoms with Gasteiger partial charge in [-0.2, -0.15) is 0 Å². The SMILES string of the molecule is CN1C(=O)CC[C@@H]1[C@@H](O)c1ccc2c(c1)OCO2. The Balaban J connectivity index is 1.84. The lowest BCUT2D eigenvalue weighted by Crippen LogP contribution is -2.33. The van der Waals surface area contributed by atoms with Gasteiger partial charge < -0.3 is 19.5 Å². The molecular formula is C13H15NO4. The van der Waals surface area contributed by atoms with Crippen molar-refractivity contribution in [3.63, 3.8) is 0 Å². The summed E-state index contributed by atoms with van der Waals surface area (Å²) >= 11 is 0. The molecule has 1 saturated heterocycles. The van der Waals surface area contributed by atoms with E-state index in [2.05, 4.69) is 0 Å². The molecule has 0 bridgehead atoms. The van der Waals surface area contributed by atoms with Crippen LogP contribution in [-0.2, 0) is 4.79 Å². The average molecular weight is 249 g/mol. The third-order valence-corrected chi connectivity index (χ3v) is 3.65. The average Bonchev–Trinajstić information content (AvgIpc) is 2.96. The van der Waals surface area contributed by atoms with Crippen LogP contribution in [0.1, 0.15) is 24.5 Å². The van der Waals surface area contributed by atoms with Crippen LogP contribution in [0.2, 0.25) is 0 Å². The minimum Gasteiger partial charge on any atom is -0.454 e. The summed E-state index contributed by atoms with van der Waals surface area (Å²) in [5.74, 6) is 1.43. The molecule has 1 N–H and O–H groups in total. The first-order chi connectivity index (χ1) is 8.66. The number of nitrogens with zero attached hydrogens (tertiary/aromatic N) is 1. The van der Waals surface area contributed by atoms with E-state index in [4.69, 9.17) is 9.47 Å². The number of amides is 1. The van der Waals surface area contributed by atoms with E-state index in [0.717, 1.165) is 5.56 Å². The van der Waals surface area contributed by atoms with Gasteiger partial charge in [-0.25, -0.2) is 0 Å². The van der Waals surface area contributed by atoms with Gasteiger partial charge >= 0.3 is 0 Å². The number of rotatable bonds is 2. The summed E-state index contributed by atoms with van der Waals surface area (Å²) in [5, 5.41) is 10.3. The summed E-state index contributed by atoms with van der Waals surface area (Å²) in [4.78, 5) is 13.1. The van der Waals surface area contributed by atoms with Crippen molar-refractivity contribution < 1.29 is 19.4 Å². The van der Waals surface area contributed by atoms with Crippen LogP contribution >= 0.6 is 0 Å². The molecule has 1 fully saturated rings. The monoisotopic (exact) mass is 249 g/mol. The number of hydrogen-bond acceptors (Lipinski definition) is 4. The van der Waals surface area contributed by atoms with Gasteiger partial charge in [-0.3, -0.25) is 4.79 Å². The summed E-state index contributed by atoms with van der Waals surface area (Å²) in [7, 11) is 1.73. The van der Waals surface area contributed by atoms with Gasteiger partial charge in [-0.15, -0.1) is 0 Å². The number of fused-ring (bicyclic) bond motifs is 1. The van der Waals surface area contributed by atoms with Crippen molar-refractivity contribution in [2.75, 3.05) is 13.8 Å². The van der Waals surface area contributed by atoms with Gasteiger partial charge in [-0.05, 0) is 24.1 Å². The van der Waals surface area contributed by atoms with E-state index >= 15 is 0 Å². The fourth-order valence-electron chi connectivity index (χ4n) is 2.52. The van der Waals surface area contributed by atoms with Crippen LogP contribution in [0.25, 0.3) is 0 Å². The van der Waals surface area contributed by atoms with Crippen molar-refractivity contribution in [2.24, 2.45) is 0 Å². The van der Waals surface area contributed by atoms with E-state index in [1.54, 1.807) is 24.1 Å². The molecular weight excluding hydrogens is 234 g/mol. The molecule has 2 heterocycles.